The molecule has 4 heterocycles. The van der Waals surface area contributed by atoms with Crippen molar-refractivity contribution in [3.63, 3.8) is 0 Å². The maximum absolute atomic E-state index is 2.62. The van der Waals surface area contributed by atoms with Crippen molar-refractivity contribution in [2.75, 3.05) is 0 Å². The van der Waals surface area contributed by atoms with Gasteiger partial charge in [0.2, 0.25) is 0 Å². The van der Waals surface area contributed by atoms with Crippen LogP contribution in [0.5, 0.6) is 0 Å². The van der Waals surface area contributed by atoms with Crippen LogP contribution in [-0.4, -0.2) is 30.8 Å². The first-order chi connectivity index (χ1) is 24.9. The average Bonchev–Trinajstić information content (AvgIpc) is 3.67. The first-order valence-corrected chi connectivity index (χ1v) is 21.5. The van der Waals surface area contributed by atoms with Crippen LogP contribution < -0.4 is 25.3 Å². The van der Waals surface area contributed by atoms with E-state index >= 15 is 0 Å². The third-order valence-electron chi connectivity index (χ3n) is 12.2. The monoisotopic (exact) mass is 744 g/mol. The summed E-state index contributed by atoms with van der Waals surface area (Å²) in [6.07, 6.45) is 9.88. The topological polar surface area (TPSA) is 9.86 Å². The molecule has 2 nitrogen and oxygen atoms in total. The number of benzene rings is 5. The molecule has 0 N–H and O–H groups in total. The quantitative estimate of drug-likeness (QED) is 0.166. The first kappa shape index (κ1) is 30.7. The Morgan fingerprint density at radius 2 is 1.18 bits per heavy atom. The molecule has 0 radical (unpaired) electrons. The number of hydrogen-bond acceptors (Lipinski definition) is 1. The van der Waals surface area contributed by atoms with Crippen molar-refractivity contribution in [1.82, 2.24) is 9.13 Å². The molecule has 2 aliphatic heterocycles. The fraction of sp³-hybridized carbons (Fsp3) is 0.261. The van der Waals surface area contributed by atoms with Crippen LogP contribution in [-0.2, 0) is 31.1 Å². The van der Waals surface area contributed by atoms with Crippen LogP contribution in [0, 0.1) is 0 Å². The summed E-state index contributed by atoms with van der Waals surface area (Å²) in [4.78, 5) is 2.88. The molecule has 0 spiro atoms. The Labute approximate surface area is 311 Å². The summed E-state index contributed by atoms with van der Waals surface area (Å²) in [5.74, 6) is 0. The van der Waals surface area contributed by atoms with Crippen molar-refractivity contribution < 1.29 is 0 Å². The molecular weight excluding hydrogens is 702 g/mol. The summed E-state index contributed by atoms with van der Waals surface area (Å²) in [6, 6.07) is 38.3. The SMILES string of the molecule is CC(C)(C)c1cc2c3c(c1)[Se]c1cc(-n4c5c(c6ccccc64)CCCC5)ccc1B3c1ccc(-n3c4c(c5ccccc53)CCCC4)cc1S2. The van der Waals surface area contributed by atoms with Gasteiger partial charge in [0.1, 0.15) is 0 Å². The Bertz CT molecular complexity index is 2430. The molecule has 51 heavy (non-hydrogen) atoms. The van der Waals surface area contributed by atoms with Gasteiger partial charge in [0.05, 0.1) is 0 Å². The molecule has 5 heteroatoms. The van der Waals surface area contributed by atoms with Gasteiger partial charge in [-0.25, -0.2) is 0 Å². The van der Waals surface area contributed by atoms with E-state index in [1.165, 1.54) is 116 Å². The van der Waals surface area contributed by atoms with Crippen molar-refractivity contribution >= 4 is 80.5 Å². The van der Waals surface area contributed by atoms with Gasteiger partial charge in [0, 0.05) is 0 Å². The zero-order valence-electron chi connectivity index (χ0n) is 29.7. The molecule has 7 aromatic rings. The van der Waals surface area contributed by atoms with E-state index in [9.17, 15) is 0 Å². The molecule has 0 saturated heterocycles. The minimum atomic E-state index is 0.0914. The van der Waals surface area contributed by atoms with E-state index in [-0.39, 0.29) is 27.1 Å². The zero-order valence-corrected chi connectivity index (χ0v) is 32.2. The molecule has 0 bridgehead atoms. The third kappa shape index (κ3) is 4.57. The van der Waals surface area contributed by atoms with Crippen LogP contribution in [0.3, 0.4) is 0 Å². The maximum atomic E-state index is 2.62. The second-order valence-corrected chi connectivity index (χ2v) is 19.5. The Morgan fingerprint density at radius 3 is 1.82 bits per heavy atom. The van der Waals surface area contributed by atoms with Gasteiger partial charge >= 0.3 is 314 Å². The number of para-hydroxylation sites is 2. The van der Waals surface area contributed by atoms with Crippen molar-refractivity contribution in [2.24, 2.45) is 0 Å². The second-order valence-electron chi connectivity index (χ2n) is 16.2. The fourth-order valence-electron chi connectivity index (χ4n) is 9.76. The zero-order chi connectivity index (χ0) is 34.0. The number of nitrogens with zero attached hydrogens (tertiary/aromatic N) is 2. The molecule has 4 aliphatic rings. The van der Waals surface area contributed by atoms with Crippen LogP contribution in [0.1, 0.15) is 74.5 Å². The molecule has 250 valence electrons. The predicted octanol–water partition coefficient (Wildman–Crippen LogP) is 7.58. The minimum absolute atomic E-state index is 0.0914. The Kier molecular flexibility index (Phi) is 6.81. The van der Waals surface area contributed by atoms with Gasteiger partial charge in [-0.2, -0.15) is 0 Å². The number of aryl methyl sites for hydroxylation is 2. The van der Waals surface area contributed by atoms with Crippen molar-refractivity contribution in [3.8, 4) is 11.4 Å². The summed E-state index contributed by atoms with van der Waals surface area (Å²) >= 11 is 2.25. The molecular formula is C46H41BN2SSe. The van der Waals surface area contributed by atoms with E-state index < -0.39 is 0 Å². The summed E-state index contributed by atoms with van der Waals surface area (Å²) in [7, 11) is 0. The molecule has 11 rings (SSSR count). The third-order valence-corrected chi connectivity index (χ3v) is 15.7. The van der Waals surface area contributed by atoms with Gasteiger partial charge in [-0.1, -0.05) is 0 Å². The van der Waals surface area contributed by atoms with Gasteiger partial charge < -0.3 is 0 Å². The van der Waals surface area contributed by atoms with Gasteiger partial charge in [0.25, 0.3) is 0 Å². The average molecular weight is 744 g/mol. The molecule has 2 aromatic heterocycles. The molecule has 0 saturated carbocycles. The first-order valence-electron chi connectivity index (χ1n) is 19.0. The Morgan fingerprint density at radius 1 is 0.588 bits per heavy atom. The normalized spacial score (nSPS) is 16.1. The van der Waals surface area contributed by atoms with Crippen LogP contribution in [0.4, 0.5) is 0 Å². The van der Waals surface area contributed by atoms with Crippen molar-refractivity contribution in [1.29, 1.82) is 0 Å². The molecule has 5 aromatic carbocycles. The van der Waals surface area contributed by atoms with Crippen molar-refractivity contribution in [3.05, 3.63) is 125 Å². The Hall–Kier alpha value is -3.89. The molecule has 0 unspecified atom stereocenters. The van der Waals surface area contributed by atoms with Crippen LogP contribution >= 0.6 is 11.8 Å². The van der Waals surface area contributed by atoms with Gasteiger partial charge in [-0.05, 0) is 0 Å². The number of rotatable bonds is 2. The Balaban J connectivity index is 1.10. The summed E-state index contributed by atoms with van der Waals surface area (Å²) in [5, 5.41) is 2.89. The fourth-order valence-corrected chi connectivity index (χ4v) is 13.8. The number of fused-ring (bicyclic) bond motifs is 10. The molecule has 0 atom stereocenters. The van der Waals surface area contributed by atoms with Gasteiger partial charge in [0.15, 0.2) is 0 Å². The van der Waals surface area contributed by atoms with Crippen LogP contribution in [0.25, 0.3) is 33.2 Å². The van der Waals surface area contributed by atoms with E-state index in [1.807, 2.05) is 11.8 Å². The van der Waals surface area contributed by atoms with E-state index in [0.717, 1.165) is 6.42 Å². The molecule has 0 fully saturated rings. The van der Waals surface area contributed by atoms with E-state index in [1.54, 1.807) is 25.5 Å². The van der Waals surface area contributed by atoms with Crippen LogP contribution in [0.2, 0.25) is 0 Å². The second kappa shape index (κ2) is 11.3. The molecule has 0 amide bonds. The van der Waals surface area contributed by atoms with E-state index in [4.69, 9.17) is 0 Å². The van der Waals surface area contributed by atoms with E-state index in [0.29, 0.717) is 0 Å². The molecule has 2 aliphatic carbocycles. The van der Waals surface area contributed by atoms with Crippen LogP contribution in [0.15, 0.2) is 107 Å². The summed E-state index contributed by atoms with van der Waals surface area (Å²) in [6.45, 7) is 7.39. The number of hydrogen-bond donors (Lipinski definition) is 0. The van der Waals surface area contributed by atoms with Gasteiger partial charge in [-0.15, -0.1) is 0 Å². The van der Waals surface area contributed by atoms with Crippen molar-refractivity contribution in [2.45, 2.75) is 87.3 Å². The summed E-state index contributed by atoms with van der Waals surface area (Å²) < 4.78 is 8.34. The predicted molar refractivity (Wildman–Crippen MR) is 219 cm³/mol. The standard InChI is InChI=1S/C46H41BN2SSe/c1-46(2,3)28-24-42-45-44(25-28)51-43-27-30(49-39-18-10-6-14-33(39)34-15-7-11-19-40(34)49)21-23-36(43)47(45)35-22-20-29(26-41(35)50-42)48-37-16-8-4-12-31(37)32-13-5-9-17-38(32)48/h4,6,8,10,12,14,16,18,20-27H,5,7,9,11,13,15,17,19H2,1-3H3. The van der Waals surface area contributed by atoms with Gasteiger partial charge in [-0.3, -0.25) is 0 Å². The summed E-state index contributed by atoms with van der Waals surface area (Å²) in [5.41, 5.74) is 17.7. The number of aromatic nitrogens is 2. The van der Waals surface area contributed by atoms with E-state index in [2.05, 4.69) is 127 Å².